The van der Waals surface area contributed by atoms with Gasteiger partial charge in [-0.3, -0.25) is 4.21 Å². The lowest BCUT2D eigenvalue weighted by Crippen LogP contribution is -2.26. The minimum atomic E-state index is -1.25. The Hall–Kier alpha value is -2.40. The molecule has 3 atom stereocenters. The fourth-order valence-electron chi connectivity index (χ4n) is 2.90. The Morgan fingerprint density at radius 3 is 2.40 bits per heavy atom. The van der Waals surface area contributed by atoms with E-state index in [0.717, 1.165) is 10.5 Å². The molecule has 2 aromatic rings. The summed E-state index contributed by atoms with van der Waals surface area (Å²) in [5.74, 6) is 0.184. The van der Waals surface area contributed by atoms with Crippen molar-refractivity contribution in [2.24, 2.45) is 0 Å². The van der Waals surface area contributed by atoms with E-state index in [1.54, 1.807) is 0 Å². The summed E-state index contributed by atoms with van der Waals surface area (Å²) in [5.41, 5.74) is 0.967. The minimum absolute atomic E-state index is 0.266. The third kappa shape index (κ3) is 4.37. The summed E-state index contributed by atoms with van der Waals surface area (Å²) >= 11 is 0. The molecule has 25 heavy (non-hydrogen) atoms. The van der Waals surface area contributed by atoms with Gasteiger partial charge in [-0.15, -0.1) is 0 Å². The third-order valence-corrected chi connectivity index (χ3v) is 5.85. The van der Waals surface area contributed by atoms with Gasteiger partial charge in [0, 0.05) is 17.7 Å². The molecule has 1 heterocycles. The molecule has 0 amide bonds. The maximum absolute atomic E-state index is 13.2. The molecule has 0 saturated heterocycles. The Morgan fingerprint density at radius 2 is 1.76 bits per heavy atom. The van der Waals surface area contributed by atoms with Crippen LogP contribution in [0, 0.1) is 0 Å². The molecular weight excluding hydrogens is 336 g/mol. The first-order valence-corrected chi connectivity index (χ1v) is 9.34. The zero-order valence-electron chi connectivity index (χ0n) is 14.0. The van der Waals surface area contributed by atoms with Gasteiger partial charge in [-0.1, -0.05) is 48.5 Å². The maximum Gasteiger partial charge on any atom is 0.334 e. The van der Waals surface area contributed by atoms with Crippen LogP contribution in [0.1, 0.15) is 23.7 Å². The fourth-order valence-corrected chi connectivity index (χ4v) is 4.45. The summed E-state index contributed by atoms with van der Waals surface area (Å²) in [6, 6.07) is 19.1. The predicted molar refractivity (Wildman–Crippen MR) is 96.2 cm³/mol. The van der Waals surface area contributed by atoms with E-state index < -0.39 is 16.8 Å². The first-order valence-electron chi connectivity index (χ1n) is 8.13. The highest BCUT2D eigenvalue weighted by Crippen LogP contribution is 2.33. The van der Waals surface area contributed by atoms with Crippen LogP contribution in [0.4, 0.5) is 0 Å². The van der Waals surface area contributed by atoms with Crippen molar-refractivity contribution in [1.29, 1.82) is 0 Å². The van der Waals surface area contributed by atoms with Crippen molar-refractivity contribution in [3.63, 3.8) is 0 Å². The number of esters is 1. The molecule has 1 aliphatic rings. The van der Waals surface area contributed by atoms with Gasteiger partial charge in [0.25, 0.3) is 0 Å². The fraction of sp³-hybridized carbons (Fsp3) is 0.250. The average Bonchev–Trinajstić information content (AvgIpc) is 2.66. The average molecular weight is 356 g/mol. The van der Waals surface area contributed by atoms with Crippen LogP contribution in [-0.4, -0.2) is 23.4 Å². The molecule has 3 rings (SSSR count). The van der Waals surface area contributed by atoms with Gasteiger partial charge in [0.15, 0.2) is 0 Å². The highest BCUT2D eigenvalue weighted by atomic mass is 32.2. The first-order chi connectivity index (χ1) is 12.2. The normalized spacial score (nSPS) is 19.5. The number of carbonyl (C=O) groups is 1. The van der Waals surface area contributed by atoms with Gasteiger partial charge >= 0.3 is 5.97 Å². The molecule has 0 radical (unpaired) electrons. The van der Waals surface area contributed by atoms with E-state index in [1.807, 2.05) is 60.7 Å². The zero-order valence-corrected chi connectivity index (χ0v) is 14.8. The standard InChI is InChI=1S/C20H20O4S/c1-23-16-12-17(24-20(21)14-16)13-19(15-8-4-2-5-9-15)25(22)18-10-6-3-7-11-18/h2-11,14,17,19H,12-13H2,1H3/t17-,19?,25?/m0/s1. The lowest BCUT2D eigenvalue weighted by Gasteiger charge is -2.26. The van der Waals surface area contributed by atoms with Crippen molar-refractivity contribution >= 4 is 16.8 Å². The monoisotopic (exact) mass is 356 g/mol. The molecule has 0 saturated carbocycles. The van der Waals surface area contributed by atoms with E-state index >= 15 is 0 Å². The molecule has 0 bridgehead atoms. The van der Waals surface area contributed by atoms with Crippen LogP contribution in [0.3, 0.4) is 0 Å². The molecule has 4 nitrogen and oxygen atoms in total. The van der Waals surface area contributed by atoms with E-state index in [4.69, 9.17) is 9.47 Å². The number of benzene rings is 2. The number of ether oxygens (including phenoxy) is 2. The van der Waals surface area contributed by atoms with Gasteiger partial charge < -0.3 is 9.47 Å². The van der Waals surface area contributed by atoms with E-state index in [0.29, 0.717) is 18.6 Å². The van der Waals surface area contributed by atoms with Crippen LogP contribution < -0.4 is 0 Å². The minimum Gasteiger partial charge on any atom is -0.501 e. The maximum atomic E-state index is 13.2. The summed E-state index contributed by atoms with van der Waals surface area (Å²) in [7, 11) is 0.290. The number of cyclic esters (lactones) is 1. The second kappa shape index (κ2) is 8.12. The van der Waals surface area contributed by atoms with Crippen molar-refractivity contribution in [3.8, 4) is 0 Å². The molecule has 0 aliphatic carbocycles. The topological polar surface area (TPSA) is 52.6 Å². The van der Waals surface area contributed by atoms with Crippen LogP contribution in [0.15, 0.2) is 77.4 Å². The highest BCUT2D eigenvalue weighted by molar-refractivity contribution is 7.85. The number of hydrogen-bond donors (Lipinski definition) is 0. The number of rotatable bonds is 6. The van der Waals surface area contributed by atoms with Gasteiger partial charge in [0.05, 0.1) is 29.2 Å². The van der Waals surface area contributed by atoms with Gasteiger partial charge in [-0.05, 0) is 17.7 Å². The molecule has 130 valence electrons. The van der Waals surface area contributed by atoms with Crippen molar-refractivity contribution < 1.29 is 18.5 Å². The van der Waals surface area contributed by atoms with Gasteiger partial charge in [0.1, 0.15) is 11.9 Å². The molecule has 2 unspecified atom stereocenters. The highest BCUT2D eigenvalue weighted by Gasteiger charge is 2.29. The SMILES string of the molecule is COC1=CC(=O)O[C@H](CC(c2ccccc2)S(=O)c2ccccc2)C1. The van der Waals surface area contributed by atoms with Crippen LogP contribution in [0.25, 0.3) is 0 Å². The summed E-state index contributed by atoms with van der Waals surface area (Å²) in [4.78, 5) is 12.5. The lowest BCUT2D eigenvalue weighted by atomic mass is 10.0. The van der Waals surface area contributed by atoms with Gasteiger partial charge in [-0.25, -0.2) is 4.79 Å². The second-order valence-electron chi connectivity index (χ2n) is 5.82. The molecule has 1 aliphatic heterocycles. The van der Waals surface area contributed by atoms with Gasteiger partial charge in [-0.2, -0.15) is 0 Å². The van der Waals surface area contributed by atoms with E-state index in [9.17, 15) is 9.00 Å². The van der Waals surface area contributed by atoms with Crippen LogP contribution >= 0.6 is 0 Å². The Labute approximate surface area is 149 Å². The summed E-state index contributed by atoms with van der Waals surface area (Å²) in [5, 5.41) is -0.266. The summed E-state index contributed by atoms with van der Waals surface area (Å²) in [6.07, 6.45) is 1.97. The van der Waals surface area contributed by atoms with E-state index in [1.165, 1.54) is 13.2 Å². The quantitative estimate of drug-likeness (QED) is 0.739. The molecule has 0 N–H and O–H groups in total. The zero-order chi connectivity index (χ0) is 17.6. The summed E-state index contributed by atoms with van der Waals surface area (Å²) in [6.45, 7) is 0. The Bertz CT molecular complexity index is 771. The molecule has 0 aromatic heterocycles. The third-order valence-electron chi connectivity index (χ3n) is 4.13. The van der Waals surface area contributed by atoms with Crippen molar-refractivity contribution in [3.05, 3.63) is 78.1 Å². The first kappa shape index (κ1) is 17.4. The Kier molecular flexibility index (Phi) is 5.66. The van der Waals surface area contributed by atoms with Gasteiger partial charge in [0.2, 0.25) is 0 Å². The van der Waals surface area contributed by atoms with Crippen molar-refractivity contribution in [2.75, 3.05) is 7.11 Å². The van der Waals surface area contributed by atoms with Crippen molar-refractivity contribution in [2.45, 2.75) is 29.1 Å². The molecule has 5 heteroatoms. The molecule has 0 spiro atoms. The largest absolute Gasteiger partial charge is 0.501 e. The van der Waals surface area contributed by atoms with Crippen LogP contribution in [0.2, 0.25) is 0 Å². The predicted octanol–water partition coefficient (Wildman–Crippen LogP) is 3.77. The molecule has 0 fully saturated rings. The second-order valence-corrected chi connectivity index (χ2v) is 7.46. The Balaban J connectivity index is 1.86. The van der Waals surface area contributed by atoms with E-state index in [2.05, 4.69) is 0 Å². The lowest BCUT2D eigenvalue weighted by molar-refractivity contribution is -0.145. The number of hydrogen-bond acceptors (Lipinski definition) is 4. The van der Waals surface area contributed by atoms with E-state index in [-0.39, 0.29) is 11.4 Å². The smallest absolute Gasteiger partial charge is 0.334 e. The molecular formula is C20H20O4S. The van der Waals surface area contributed by atoms with Crippen molar-refractivity contribution in [1.82, 2.24) is 0 Å². The Morgan fingerprint density at radius 1 is 1.12 bits per heavy atom. The van der Waals surface area contributed by atoms with Crippen LogP contribution in [0.5, 0.6) is 0 Å². The summed E-state index contributed by atoms with van der Waals surface area (Å²) < 4.78 is 23.8. The van der Waals surface area contributed by atoms with Crippen LogP contribution in [-0.2, 0) is 25.1 Å². The number of methoxy groups -OCH3 is 1. The number of carbonyl (C=O) groups excluding carboxylic acids is 1. The molecule has 2 aromatic carbocycles.